The zero-order chi connectivity index (χ0) is 9.26. The van der Waals surface area contributed by atoms with Crippen molar-refractivity contribution in [2.75, 3.05) is 0 Å². The van der Waals surface area contributed by atoms with Crippen LogP contribution in [0.15, 0.2) is 22.8 Å². The Labute approximate surface area is 78.6 Å². The SMILES string of the molecule is CC1CCCC1C(O)c1ccco1. The van der Waals surface area contributed by atoms with Crippen LogP contribution < -0.4 is 0 Å². The molecule has 13 heavy (non-hydrogen) atoms. The van der Waals surface area contributed by atoms with Crippen molar-refractivity contribution < 1.29 is 9.52 Å². The maximum atomic E-state index is 9.99. The summed E-state index contributed by atoms with van der Waals surface area (Å²) < 4.78 is 5.21. The van der Waals surface area contributed by atoms with Crippen molar-refractivity contribution in [1.29, 1.82) is 0 Å². The zero-order valence-electron chi connectivity index (χ0n) is 7.94. The minimum absolute atomic E-state index is 0.395. The third-order valence-corrected chi connectivity index (χ3v) is 3.17. The van der Waals surface area contributed by atoms with Gasteiger partial charge in [0.05, 0.1) is 6.26 Å². The molecule has 1 N–H and O–H groups in total. The molecule has 2 heteroatoms. The summed E-state index contributed by atoms with van der Waals surface area (Å²) in [5, 5.41) is 9.99. The molecule has 72 valence electrons. The molecule has 0 aliphatic heterocycles. The molecule has 1 aromatic heterocycles. The number of aliphatic hydroxyl groups is 1. The van der Waals surface area contributed by atoms with Crippen LogP contribution in [-0.2, 0) is 0 Å². The monoisotopic (exact) mass is 180 g/mol. The summed E-state index contributed by atoms with van der Waals surface area (Å²) in [6.45, 7) is 2.21. The fourth-order valence-electron chi connectivity index (χ4n) is 2.31. The molecule has 2 rings (SSSR count). The van der Waals surface area contributed by atoms with Gasteiger partial charge in [-0.3, -0.25) is 0 Å². The second kappa shape index (κ2) is 3.54. The van der Waals surface area contributed by atoms with E-state index in [1.807, 2.05) is 12.1 Å². The molecule has 0 spiro atoms. The molecule has 0 bridgehead atoms. The summed E-state index contributed by atoms with van der Waals surface area (Å²) in [7, 11) is 0. The highest BCUT2D eigenvalue weighted by atomic mass is 16.4. The van der Waals surface area contributed by atoms with Gasteiger partial charge in [-0.2, -0.15) is 0 Å². The highest BCUT2D eigenvalue weighted by Gasteiger charge is 2.31. The van der Waals surface area contributed by atoms with Crippen LogP contribution in [0.3, 0.4) is 0 Å². The number of aliphatic hydroxyl groups excluding tert-OH is 1. The first kappa shape index (κ1) is 8.82. The van der Waals surface area contributed by atoms with Gasteiger partial charge in [0.15, 0.2) is 0 Å². The molecule has 3 atom stereocenters. The van der Waals surface area contributed by atoms with Crippen molar-refractivity contribution in [3.05, 3.63) is 24.2 Å². The number of furan rings is 1. The minimum atomic E-state index is -0.396. The van der Waals surface area contributed by atoms with Crippen LogP contribution in [0.4, 0.5) is 0 Å². The summed E-state index contributed by atoms with van der Waals surface area (Å²) in [6.07, 6.45) is 4.83. The van der Waals surface area contributed by atoms with E-state index >= 15 is 0 Å². The van der Waals surface area contributed by atoms with Gasteiger partial charge in [0.25, 0.3) is 0 Å². The summed E-state index contributed by atoms with van der Waals surface area (Å²) in [5.74, 6) is 1.74. The lowest BCUT2D eigenvalue weighted by Gasteiger charge is -2.19. The van der Waals surface area contributed by atoms with E-state index in [9.17, 15) is 5.11 Å². The van der Waals surface area contributed by atoms with Gasteiger partial charge < -0.3 is 9.52 Å². The van der Waals surface area contributed by atoms with Crippen molar-refractivity contribution in [3.8, 4) is 0 Å². The molecule has 0 radical (unpaired) electrons. The molecule has 0 aromatic carbocycles. The molecule has 3 unspecified atom stereocenters. The van der Waals surface area contributed by atoms with E-state index < -0.39 is 6.10 Å². The Morgan fingerprint density at radius 3 is 2.92 bits per heavy atom. The minimum Gasteiger partial charge on any atom is -0.467 e. The molecule has 1 aliphatic rings. The Hall–Kier alpha value is -0.760. The molecule has 1 aromatic rings. The van der Waals surface area contributed by atoms with Crippen LogP contribution in [-0.4, -0.2) is 5.11 Å². The predicted molar refractivity (Wildman–Crippen MR) is 50.2 cm³/mol. The van der Waals surface area contributed by atoms with Gasteiger partial charge in [-0.1, -0.05) is 19.8 Å². The van der Waals surface area contributed by atoms with Crippen LogP contribution >= 0.6 is 0 Å². The number of rotatable bonds is 2. The lowest BCUT2D eigenvalue weighted by Crippen LogP contribution is -2.14. The molecule has 0 amide bonds. The Bertz CT molecular complexity index is 253. The normalized spacial score (nSPS) is 30.6. The van der Waals surface area contributed by atoms with Crippen molar-refractivity contribution in [2.24, 2.45) is 11.8 Å². The first-order valence-electron chi connectivity index (χ1n) is 5.00. The van der Waals surface area contributed by atoms with E-state index in [1.165, 1.54) is 12.8 Å². The molecular formula is C11H16O2. The van der Waals surface area contributed by atoms with Gasteiger partial charge in [0, 0.05) is 0 Å². The third kappa shape index (κ3) is 1.63. The van der Waals surface area contributed by atoms with Crippen molar-refractivity contribution in [3.63, 3.8) is 0 Å². The van der Waals surface area contributed by atoms with Crippen LogP contribution in [0, 0.1) is 11.8 Å². The average molecular weight is 180 g/mol. The van der Waals surface area contributed by atoms with E-state index in [0.29, 0.717) is 11.8 Å². The maximum absolute atomic E-state index is 9.99. The highest BCUT2D eigenvalue weighted by molar-refractivity contribution is 5.04. The number of hydrogen-bond donors (Lipinski definition) is 1. The third-order valence-electron chi connectivity index (χ3n) is 3.17. The smallest absolute Gasteiger partial charge is 0.132 e. The summed E-state index contributed by atoms with van der Waals surface area (Å²) in [5.41, 5.74) is 0. The number of hydrogen-bond acceptors (Lipinski definition) is 2. The highest BCUT2D eigenvalue weighted by Crippen LogP contribution is 2.39. The molecular weight excluding hydrogens is 164 g/mol. The van der Waals surface area contributed by atoms with Crippen LogP contribution in [0.1, 0.15) is 38.1 Å². The molecule has 1 fully saturated rings. The Balaban J connectivity index is 2.08. The zero-order valence-corrected chi connectivity index (χ0v) is 7.94. The molecule has 1 saturated carbocycles. The standard InChI is InChI=1S/C11H16O2/c1-8-4-2-5-9(8)11(12)10-6-3-7-13-10/h3,6-9,11-12H,2,4-5H2,1H3. The fourth-order valence-corrected chi connectivity index (χ4v) is 2.31. The summed E-state index contributed by atoms with van der Waals surface area (Å²) in [4.78, 5) is 0. The molecule has 1 aliphatic carbocycles. The lowest BCUT2D eigenvalue weighted by atomic mass is 9.91. The van der Waals surface area contributed by atoms with Crippen LogP contribution in [0.5, 0.6) is 0 Å². The maximum Gasteiger partial charge on any atom is 0.132 e. The predicted octanol–water partition coefficient (Wildman–Crippen LogP) is 2.75. The Morgan fingerprint density at radius 1 is 1.54 bits per heavy atom. The molecule has 1 heterocycles. The largest absolute Gasteiger partial charge is 0.467 e. The average Bonchev–Trinajstić information content (AvgIpc) is 2.72. The van der Waals surface area contributed by atoms with Crippen molar-refractivity contribution >= 4 is 0 Å². The second-order valence-corrected chi connectivity index (χ2v) is 4.03. The van der Waals surface area contributed by atoms with Gasteiger partial charge in [0.1, 0.15) is 11.9 Å². The van der Waals surface area contributed by atoms with Gasteiger partial charge in [-0.05, 0) is 30.4 Å². The second-order valence-electron chi connectivity index (χ2n) is 4.03. The van der Waals surface area contributed by atoms with E-state index in [4.69, 9.17) is 4.42 Å². The first-order chi connectivity index (χ1) is 6.29. The van der Waals surface area contributed by atoms with Gasteiger partial charge >= 0.3 is 0 Å². The van der Waals surface area contributed by atoms with E-state index in [2.05, 4.69) is 6.92 Å². The van der Waals surface area contributed by atoms with Gasteiger partial charge in [-0.25, -0.2) is 0 Å². The summed E-state index contributed by atoms with van der Waals surface area (Å²) >= 11 is 0. The summed E-state index contributed by atoms with van der Waals surface area (Å²) in [6, 6.07) is 3.69. The quantitative estimate of drug-likeness (QED) is 0.759. The van der Waals surface area contributed by atoms with Gasteiger partial charge in [-0.15, -0.1) is 0 Å². The first-order valence-corrected chi connectivity index (χ1v) is 5.00. The van der Waals surface area contributed by atoms with E-state index in [0.717, 1.165) is 12.2 Å². The lowest BCUT2D eigenvalue weighted by molar-refractivity contribution is 0.0696. The van der Waals surface area contributed by atoms with E-state index in [-0.39, 0.29) is 0 Å². The molecule has 0 saturated heterocycles. The van der Waals surface area contributed by atoms with Gasteiger partial charge in [0.2, 0.25) is 0 Å². The van der Waals surface area contributed by atoms with E-state index in [1.54, 1.807) is 6.26 Å². The van der Waals surface area contributed by atoms with Crippen molar-refractivity contribution in [2.45, 2.75) is 32.3 Å². The van der Waals surface area contributed by atoms with Crippen molar-refractivity contribution in [1.82, 2.24) is 0 Å². The topological polar surface area (TPSA) is 33.4 Å². The molecule has 2 nitrogen and oxygen atoms in total. The Kier molecular flexibility index (Phi) is 2.40. The van der Waals surface area contributed by atoms with Crippen LogP contribution in [0.2, 0.25) is 0 Å². The van der Waals surface area contributed by atoms with Crippen LogP contribution in [0.25, 0.3) is 0 Å². The fraction of sp³-hybridized carbons (Fsp3) is 0.636. The Morgan fingerprint density at radius 2 is 2.38 bits per heavy atom.